The molecule has 6 heteroatoms. The molecule has 0 aromatic carbocycles. The van der Waals surface area contributed by atoms with Gasteiger partial charge in [-0.1, -0.05) is 13.8 Å². The Kier molecular flexibility index (Phi) is 7.18. The Morgan fingerprint density at radius 1 is 1.25 bits per heavy atom. The molecule has 158 valence electrons. The van der Waals surface area contributed by atoms with Gasteiger partial charge in [-0.3, -0.25) is 9.69 Å². The fraction of sp³-hybridized carbons (Fsp3) is 0.773. The highest BCUT2D eigenvalue weighted by Gasteiger charge is 2.36. The van der Waals surface area contributed by atoms with Crippen LogP contribution < -0.4 is 0 Å². The monoisotopic (exact) mass is 391 g/mol. The van der Waals surface area contributed by atoms with E-state index in [0.29, 0.717) is 17.5 Å². The van der Waals surface area contributed by atoms with Crippen LogP contribution in [0.25, 0.3) is 0 Å². The van der Waals surface area contributed by atoms with Crippen molar-refractivity contribution in [1.29, 1.82) is 0 Å². The molecular formula is C22H37N3O3. The molecule has 3 rings (SSSR count). The highest BCUT2D eigenvalue weighted by molar-refractivity contribution is 5.95. The van der Waals surface area contributed by atoms with Gasteiger partial charge in [-0.05, 0) is 45.2 Å². The molecule has 0 bridgehead atoms. The topological polar surface area (TPSA) is 60.2 Å². The summed E-state index contributed by atoms with van der Waals surface area (Å²) in [5.74, 6) is 2.40. The summed E-state index contributed by atoms with van der Waals surface area (Å²) in [6, 6.07) is 2.44. The first-order valence-corrected chi connectivity index (χ1v) is 10.8. The minimum Gasteiger partial charge on any atom is -0.465 e. The van der Waals surface area contributed by atoms with Gasteiger partial charge in [-0.2, -0.15) is 0 Å². The number of nitrogens with zero attached hydrogens (tertiary/aromatic N) is 3. The lowest BCUT2D eigenvalue weighted by atomic mass is 9.86. The van der Waals surface area contributed by atoms with Gasteiger partial charge in [0, 0.05) is 57.8 Å². The molecule has 2 fully saturated rings. The maximum Gasteiger partial charge on any atom is 0.257 e. The summed E-state index contributed by atoms with van der Waals surface area (Å²) in [5.41, 5.74) is 0.711. The largest absolute Gasteiger partial charge is 0.465 e. The van der Waals surface area contributed by atoms with Gasteiger partial charge in [0.25, 0.3) is 5.91 Å². The summed E-state index contributed by atoms with van der Waals surface area (Å²) >= 11 is 0. The molecule has 2 aliphatic heterocycles. The van der Waals surface area contributed by atoms with Crippen molar-refractivity contribution >= 4 is 5.91 Å². The second kappa shape index (κ2) is 9.42. The van der Waals surface area contributed by atoms with E-state index in [-0.39, 0.29) is 18.4 Å². The first-order valence-electron chi connectivity index (χ1n) is 10.8. The van der Waals surface area contributed by atoms with E-state index < -0.39 is 0 Å². The highest BCUT2D eigenvalue weighted by Crippen LogP contribution is 2.29. The van der Waals surface area contributed by atoms with Crippen LogP contribution in [0.4, 0.5) is 0 Å². The minimum absolute atomic E-state index is 0.0963. The van der Waals surface area contributed by atoms with Crippen LogP contribution in [0.5, 0.6) is 0 Å². The molecule has 2 aliphatic rings. The normalized spacial score (nSPS) is 24.9. The number of aliphatic hydroxyl groups excluding tert-OH is 1. The van der Waals surface area contributed by atoms with Crippen LogP contribution in [0.1, 0.15) is 60.9 Å². The maximum absolute atomic E-state index is 13.2. The Morgan fingerprint density at radius 2 is 1.96 bits per heavy atom. The molecular weight excluding hydrogens is 354 g/mol. The standard InChI is InChI=1S/C22H37N3O3/c1-16(2)21-14-19(17(3)28-21)22(27)25-8-7-20(18(15-25)6-5-13-26)24-11-9-23(4)10-12-24/h14,16,18,20,26H,5-13,15H2,1-4H3/t18-,20+/m0/s1. The summed E-state index contributed by atoms with van der Waals surface area (Å²) < 4.78 is 5.81. The van der Waals surface area contributed by atoms with Crippen molar-refractivity contribution in [3.05, 3.63) is 23.2 Å². The lowest BCUT2D eigenvalue weighted by molar-refractivity contribution is 0.0217. The van der Waals surface area contributed by atoms with E-state index in [1.165, 1.54) is 0 Å². The molecule has 3 heterocycles. The average Bonchev–Trinajstić information content (AvgIpc) is 3.08. The quantitative estimate of drug-likeness (QED) is 0.808. The van der Waals surface area contributed by atoms with Crippen molar-refractivity contribution in [2.75, 3.05) is 52.9 Å². The number of furan rings is 1. The van der Waals surface area contributed by atoms with Gasteiger partial charge in [0.1, 0.15) is 11.5 Å². The van der Waals surface area contributed by atoms with Gasteiger partial charge in [-0.25, -0.2) is 0 Å². The molecule has 1 amide bonds. The van der Waals surface area contributed by atoms with Crippen LogP contribution in [-0.4, -0.2) is 84.7 Å². The van der Waals surface area contributed by atoms with Crippen LogP contribution in [0.15, 0.2) is 10.5 Å². The summed E-state index contributed by atoms with van der Waals surface area (Å²) in [6.45, 7) is 12.3. The van der Waals surface area contributed by atoms with E-state index >= 15 is 0 Å². The summed E-state index contributed by atoms with van der Waals surface area (Å²) in [7, 11) is 2.18. The zero-order chi connectivity index (χ0) is 20.3. The molecule has 1 N–H and O–H groups in total. The molecule has 2 atom stereocenters. The van der Waals surface area contributed by atoms with Crippen molar-refractivity contribution in [2.45, 2.75) is 52.0 Å². The van der Waals surface area contributed by atoms with E-state index in [4.69, 9.17) is 4.42 Å². The number of carbonyl (C=O) groups excluding carboxylic acids is 1. The fourth-order valence-electron chi connectivity index (χ4n) is 4.65. The number of amides is 1. The second-order valence-electron chi connectivity index (χ2n) is 8.85. The molecule has 0 aliphatic carbocycles. The molecule has 0 radical (unpaired) electrons. The number of rotatable bonds is 6. The van der Waals surface area contributed by atoms with E-state index in [1.807, 2.05) is 17.9 Å². The van der Waals surface area contributed by atoms with Crippen molar-refractivity contribution < 1.29 is 14.3 Å². The Bertz CT molecular complexity index is 649. The Hall–Kier alpha value is -1.37. The van der Waals surface area contributed by atoms with Gasteiger partial charge in [0.2, 0.25) is 0 Å². The van der Waals surface area contributed by atoms with Gasteiger partial charge >= 0.3 is 0 Å². The molecule has 1 aromatic rings. The third-order valence-corrected chi connectivity index (χ3v) is 6.46. The maximum atomic E-state index is 13.2. The SMILES string of the molecule is Cc1oc(C(C)C)cc1C(=O)N1CC[C@@H](N2CCN(C)CC2)[C@@H](CCCO)C1. The fourth-order valence-corrected chi connectivity index (χ4v) is 4.65. The van der Waals surface area contributed by atoms with E-state index in [9.17, 15) is 9.90 Å². The van der Waals surface area contributed by atoms with Gasteiger partial charge in [0.15, 0.2) is 0 Å². The summed E-state index contributed by atoms with van der Waals surface area (Å²) in [5, 5.41) is 9.36. The Balaban J connectivity index is 1.70. The third kappa shape index (κ3) is 4.78. The first-order chi connectivity index (χ1) is 13.4. The smallest absolute Gasteiger partial charge is 0.257 e. The van der Waals surface area contributed by atoms with Crippen LogP contribution in [0, 0.1) is 12.8 Å². The molecule has 0 saturated carbocycles. The lowest BCUT2D eigenvalue weighted by Gasteiger charge is -2.46. The number of hydrogen-bond acceptors (Lipinski definition) is 5. The predicted octanol–water partition coefficient (Wildman–Crippen LogP) is 2.56. The number of hydrogen-bond donors (Lipinski definition) is 1. The number of aliphatic hydroxyl groups is 1. The highest BCUT2D eigenvalue weighted by atomic mass is 16.3. The van der Waals surface area contributed by atoms with E-state index in [1.54, 1.807) is 0 Å². The first kappa shape index (κ1) is 21.3. The molecule has 2 saturated heterocycles. The number of likely N-dealkylation sites (N-methyl/N-ethyl adjacent to an activating group) is 1. The van der Waals surface area contributed by atoms with Crippen molar-refractivity contribution in [2.24, 2.45) is 5.92 Å². The minimum atomic E-state index is 0.0963. The van der Waals surface area contributed by atoms with Crippen LogP contribution in [0.3, 0.4) is 0 Å². The van der Waals surface area contributed by atoms with Crippen LogP contribution in [0.2, 0.25) is 0 Å². The molecule has 0 unspecified atom stereocenters. The zero-order valence-electron chi connectivity index (χ0n) is 18.0. The van der Waals surface area contributed by atoms with Crippen molar-refractivity contribution in [3.63, 3.8) is 0 Å². The number of aryl methyl sites for hydroxylation is 1. The number of piperidine rings is 1. The number of carbonyl (C=O) groups is 1. The van der Waals surface area contributed by atoms with Gasteiger partial charge < -0.3 is 19.3 Å². The summed E-state index contributed by atoms with van der Waals surface area (Å²) in [4.78, 5) is 20.2. The predicted molar refractivity (Wildman–Crippen MR) is 111 cm³/mol. The molecule has 28 heavy (non-hydrogen) atoms. The molecule has 0 spiro atoms. The second-order valence-corrected chi connectivity index (χ2v) is 8.85. The number of piperazine rings is 1. The average molecular weight is 392 g/mol. The molecule has 1 aromatic heterocycles. The van der Waals surface area contributed by atoms with Crippen LogP contribution >= 0.6 is 0 Å². The van der Waals surface area contributed by atoms with E-state index in [2.05, 4.69) is 30.7 Å². The van der Waals surface area contributed by atoms with E-state index in [0.717, 1.165) is 70.1 Å². The third-order valence-electron chi connectivity index (χ3n) is 6.46. The number of likely N-dealkylation sites (tertiary alicyclic amines) is 1. The summed E-state index contributed by atoms with van der Waals surface area (Å²) in [6.07, 6.45) is 2.79. The van der Waals surface area contributed by atoms with Crippen molar-refractivity contribution in [3.8, 4) is 0 Å². The van der Waals surface area contributed by atoms with Gasteiger partial charge in [-0.15, -0.1) is 0 Å². The zero-order valence-corrected chi connectivity index (χ0v) is 18.0. The Morgan fingerprint density at radius 3 is 2.57 bits per heavy atom. The van der Waals surface area contributed by atoms with Gasteiger partial charge in [0.05, 0.1) is 5.56 Å². The Labute approximate surface area is 169 Å². The van der Waals surface area contributed by atoms with Crippen LogP contribution in [-0.2, 0) is 0 Å². The lowest BCUT2D eigenvalue weighted by Crippen LogP contribution is -2.57. The molecule has 6 nitrogen and oxygen atoms in total. The van der Waals surface area contributed by atoms with Crippen molar-refractivity contribution in [1.82, 2.24) is 14.7 Å².